The summed E-state index contributed by atoms with van der Waals surface area (Å²) in [5.74, 6) is -1.99. The number of ether oxygens (including phenoxy) is 2. The number of nitrogens with zero attached hydrogens (tertiary/aromatic N) is 1. The first-order chi connectivity index (χ1) is 12.4. The van der Waals surface area contributed by atoms with E-state index in [1.807, 2.05) is 25.1 Å². The summed E-state index contributed by atoms with van der Waals surface area (Å²) in [7, 11) is 3.02. The standard InChI is InChI=1S/C19H24N2O5/c1-5-19(18(24)26-6-2)14-13(16(22)21(3)17(14)23)15(20-19)11-9-7-8-10-12(11)25-4/h7-10,13-15,20H,5-6H2,1-4H3/t13-,14-,15-,19-/m0/s1. The lowest BCUT2D eigenvalue weighted by atomic mass is 9.78. The minimum absolute atomic E-state index is 0.205. The third kappa shape index (κ3) is 2.41. The monoisotopic (exact) mass is 360 g/mol. The van der Waals surface area contributed by atoms with E-state index in [1.54, 1.807) is 20.1 Å². The molecule has 2 amide bonds. The quantitative estimate of drug-likeness (QED) is 0.629. The van der Waals surface area contributed by atoms with Crippen LogP contribution < -0.4 is 10.1 Å². The maximum atomic E-state index is 12.8. The van der Waals surface area contributed by atoms with Crippen molar-refractivity contribution in [2.75, 3.05) is 20.8 Å². The number of likely N-dealkylation sites (tertiary alicyclic amines) is 1. The van der Waals surface area contributed by atoms with Gasteiger partial charge in [-0.3, -0.25) is 24.6 Å². The molecule has 7 nitrogen and oxygen atoms in total. The van der Waals surface area contributed by atoms with Crippen LogP contribution in [0, 0.1) is 11.8 Å². The largest absolute Gasteiger partial charge is 0.496 e. The van der Waals surface area contributed by atoms with Gasteiger partial charge in [-0.2, -0.15) is 0 Å². The number of hydrogen-bond donors (Lipinski definition) is 1. The van der Waals surface area contributed by atoms with E-state index in [0.717, 1.165) is 10.5 Å². The molecule has 0 unspecified atom stereocenters. The zero-order chi connectivity index (χ0) is 19.1. The van der Waals surface area contributed by atoms with E-state index in [1.165, 1.54) is 7.05 Å². The maximum absolute atomic E-state index is 12.8. The Morgan fingerprint density at radius 3 is 2.54 bits per heavy atom. The van der Waals surface area contributed by atoms with Crippen LogP contribution in [0.15, 0.2) is 24.3 Å². The van der Waals surface area contributed by atoms with Crippen LogP contribution in [-0.2, 0) is 19.1 Å². The van der Waals surface area contributed by atoms with Gasteiger partial charge in [0.2, 0.25) is 11.8 Å². The number of methoxy groups -OCH3 is 1. The first kappa shape index (κ1) is 18.4. The van der Waals surface area contributed by atoms with Crippen molar-refractivity contribution < 1.29 is 23.9 Å². The molecule has 7 heteroatoms. The number of para-hydroxylation sites is 1. The van der Waals surface area contributed by atoms with Gasteiger partial charge < -0.3 is 9.47 Å². The van der Waals surface area contributed by atoms with Crippen molar-refractivity contribution in [2.45, 2.75) is 31.8 Å². The number of rotatable bonds is 5. The predicted molar refractivity (Wildman–Crippen MR) is 93.3 cm³/mol. The summed E-state index contributed by atoms with van der Waals surface area (Å²) < 4.78 is 10.7. The van der Waals surface area contributed by atoms with E-state index < -0.39 is 29.4 Å². The van der Waals surface area contributed by atoms with Gasteiger partial charge in [-0.25, -0.2) is 0 Å². The summed E-state index contributed by atoms with van der Waals surface area (Å²) >= 11 is 0. The van der Waals surface area contributed by atoms with Crippen LogP contribution in [0.5, 0.6) is 5.75 Å². The number of nitrogens with one attached hydrogen (secondary N) is 1. The van der Waals surface area contributed by atoms with Gasteiger partial charge in [-0.15, -0.1) is 0 Å². The van der Waals surface area contributed by atoms with Crippen molar-refractivity contribution in [3.05, 3.63) is 29.8 Å². The Labute approximate surface area is 152 Å². The third-order valence-electron chi connectivity index (χ3n) is 5.55. The Kier molecular flexibility index (Phi) is 4.75. The molecular weight excluding hydrogens is 336 g/mol. The molecule has 3 rings (SSSR count). The van der Waals surface area contributed by atoms with Gasteiger partial charge in [0.05, 0.1) is 25.6 Å². The lowest BCUT2D eigenvalue weighted by molar-refractivity contribution is -0.156. The van der Waals surface area contributed by atoms with Crippen molar-refractivity contribution >= 4 is 17.8 Å². The third-order valence-corrected chi connectivity index (χ3v) is 5.55. The fraction of sp³-hybridized carbons (Fsp3) is 0.526. The van der Waals surface area contributed by atoms with E-state index in [-0.39, 0.29) is 18.4 Å². The first-order valence-electron chi connectivity index (χ1n) is 8.82. The molecule has 1 aromatic rings. The maximum Gasteiger partial charge on any atom is 0.327 e. The van der Waals surface area contributed by atoms with Gasteiger partial charge in [-0.05, 0) is 19.4 Å². The number of imide groups is 1. The first-order valence-corrected chi connectivity index (χ1v) is 8.82. The van der Waals surface area contributed by atoms with E-state index in [4.69, 9.17) is 9.47 Å². The number of fused-ring (bicyclic) bond motifs is 1. The lowest BCUT2D eigenvalue weighted by Crippen LogP contribution is -2.55. The molecule has 0 aliphatic carbocycles. The van der Waals surface area contributed by atoms with Crippen LogP contribution in [0.4, 0.5) is 0 Å². The van der Waals surface area contributed by atoms with E-state index in [9.17, 15) is 14.4 Å². The second-order valence-electron chi connectivity index (χ2n) is 6.65. The molecule has 4 atom stereocenters. The number of amides is 2. The van der Waals surface area contributed by atoms with Crippen LogP contribution in [0.1, 0.15) is 31.9 Å². The number of hydrogen-bond acceptors (Lipinski definition) is 6. The summed E-state index contributed by atoms with van der Waals surface area (Å²) in [6, 6.07) is 6.81. The number of benzene rings is 1. The minimum atomic E-state index is -1.23. The Bertz CT molecular complexity index is 749. The molecule has 2 fully saturated rings. The minimum Gasteiger partial charge on any atom is -0.496 e. The van der Waals surface area contributed by atoms with Crippen LogP contribution in [0.2, 0.25) is 0 Å². The van der Waals surface area contributed by atoms with E-state index >= 15 is 0 Å². The predicted octanol–water partition coefficient (Wildman–Crippen LogP) is 1.28. The molecule has 0 aromatic heterocycles. The average molecular weight is 360 g/mol. The van der Waals surface area contributed by atoms with Gasteiger partial charge in [0.1, 0.15) is 11.3 Å². The molecule has 2 heterocycles. The molecule has 0 radical (unpaired) electrons. The molecular formula is C19H24N2O5. The zero-order valence-corrected chi connectivity index (χ0v) is 15.4. The van der Waals surface area contributed by atoms with Crippen LogP contribution >= 0.6 is 0 Å². The highest BCUT2D eigenvalue weighted by molar-refractivity contribution is 6.09. The topological polar surface area (TPSA) is 84.9 Å². The van der Waals surface area contributed by atoms with Crippen molar-refractivity contribution in [3.63, 3.8) is 0 Å². The molecule has 1 N–H and O–H groups in total. The number of esters is 1. The van der Waals surface area contributed by atoms with Crippen molar-refractivity contribution in [1.29, 1.82) is 0 Å². The molecule has 26 heavy (non-hydrogen) atoms. The second kappa shape index (κ2) is 6.72. The number of carbonyl (C=O) groups excluding carboxylic acids is 3. The zero-order valence-electron chi connectivity index (χ0n) is 15.4. The Morgan fingerprint density at radius 1 is 1.23 bits per heavy atom. The SMILES string of the molecule is CCOC(=O)[C@@]1(CC)N[C@@H](c2ccccc2OC)[C@H]2C(=O)N(C)C(=O)[C@H]21. The van der Waals surface area contributed by atoms with E-state index in [0.29, 0.717) is 12.2 Å². The van der Waals surface area contributed by atoms with Crippen LogP contribution in [0.3, 0.4) is 0 Å². The molecule has 2 aliphatic heterocycles. The van der Waals surface area contributed by atoms with Gasteiger partial charge in [-0.1, -0.05) is 25.1 Å². The highest BCUT2D eigenvalue weighted by Gasteiger charge is 2.67. The fourth-order valence-electron chi connectivity index (χ4n) is 4.25. The summed E-state index contributed by atoms with van der Waals surface area (Å²) in [6.45, 7) is 3.75. The molecule has 0 spiro atoms. The summed E-state index contributed by atoms with van der Waals surface area (Å²) in [6.07, 6.45) is 0.339. The highest BCUT2D eigenvalue weighted by atomic mass is 16.5. The molecule has 2 aliphatic rings. The van der Waals surface area contributed by atoms with E-state index in [2.05, 4.69) is 5.32 Å². The van der Waals surface area contributed by atoms with Crippen LogP contribution in [-0.4, -0.2) is 49.0 Å². The Hall–Kier alpha value is -2.41. The molecule has 1 aromatic carbocycles. The normalized spacial score (nSPS) is 30.5. The van der Waals surface area contributed by atoms with Gasteiger partial charge in [0.15, 0.2) is 0 Å². The van der Waals surface area contributed by atoms with Crippen LogP contribution in [0.25, 0.3) is 0 Å². The Morgan fingerprint density at radius 2 is 1.92 bits per heavy atom. The molecule has 140 valence electrons. The highest BCUT2D eigenvalue weighted by Crippen LogP contribution is 2.51. The van der Waals surface area contributed by atoms with Crippen molar-refractivity contribution in [2.24, 2.45) is 11.8 Å². The lowest BCUT2D eigenvalue weighted by Gasteiger charge is -2.31. The molecule has 2 saturated heterocycles. The van der Waals surface area contributed by atoms with Gasteiger partial charge >= 0.3 is 5.97 Å². The van der Waals surface area contributed by atoms with Crippen molar-refractivity contribution in [3.8, 4) is 5.75 Å². The Balaban J connectivity index is 2.15. The smallest absolute Gasteiger partial charge is 0.327 e. The summed E-state index contributed by atoms with van der Waals surface area (Å²) in [5.41, 5.74) is -0.481. The summed E-state index contributed by atoms with van der Waals surface area (Å²) in [4.78, 5) is 39.6. The fourth-order valence-corrected chi connectivity index (χ4v) is 4.25. The second-order valence-corrected chi connectivity index (χ2v) is 6.65. The molecule has 0 bridgehead atoms. The molecule has 0 saturated carbocycles. The van der Waals surface area contributed by atoms with Crippen molar-refractivity contribution in [1.82, 2.24) is 10.2 Å². The average Bonchev–Trinajstić information content (AvgIpc) is 3.12. The van der Waals surface area contributed by atoms with Gasteiger partial charge in [0.25, 0.3) is 0 Å². The summed E-state index contributed by atoms with van der Waals surface area (Å²) in [5, 5.41) is 3.29. The number of carbonyl (C=O) groups is 3. The van der Waals surface area contributed by atoms with Gasteiger partial charge in [0, 0.05) is 18.7 Å².